The SMILES string of the molecule is NC(CN1C(=O)CCOc2ccccc21)C1CC1. The molecule has 2 N–H and O–H groups in total. The largest absolute Gasteiger partial charge is 0.491 e. The summed E-state index contributed by atoms with van der Waals surface area (Å²) in [6, 6.07) is 7.77. The second kappa shape index (κ2) is 4.61. The van der Waals surface area contributed by atoms with E-state index in [1.54, 1.807) is 4.90 Å². The lowest BCUT2D eigenvalue weighted by Crippen LogP contribution is -2.42. The van der Waals surface area contributed by atoms with Gasteiger partial charge in [0.2, 0.25) is 5.91 Å². The minimum atomic E-state index is 0.0834. The van der Waals surface area contributed by atoms with Crippen molar-refractivity contribution in [2.45, 2.75) is 25.3 Å². The first-order chi connectivity index (χ1) is 8.75. The molecule has 0 bridgehead atoms. The van der Waals surface area contributed by atoms with Gasteiger partial charge in [0.1, 0.15) is 5.75 Å². The molecule has 1 aromatic carbocycles. The van der Waals surface area contributed by atoms with Crippen molar-refractivity contribution in [1.29, 1.82) is 0 Å². The van der Waals surface area contributed by atoms with E-state index in [0.717, 1.165) is 11.4 Å². The van der Waals surface area contributed by atoms with E-state index < -0.39 is 0 Å². The summed E-state index contributed by atoms with van der Waals surface area (Å²) < 4.78 is 5.60. The number of benzene rings is 1. The van der Waals surface area contributed by atoms with Crippen molar-refractivity contribution in [1.82, 2.24) is 0 Å². The average molecular weight is 246 g/mol. The van der Waals surface area contributed by atoms with Crippen LogP contribution in [0.1, 0.15) is 19.3 Å². The molecule has 1 aromatic rings. The van der Waals surface area contributed by atoms with Gasteiger partial charge in [0, 0.05) is 12.6 Å². The molecule has 4 nitrogen and oxygen atoms in total. The van der Waals surface area contributed by atoms with Gasteiger partial charge in [0.25, 0.3) is 0 Å². The van der Waals surface area contributed by atoms with Crippen LogP contribution in [0.3, 0.4) is 0 Å². The summed E-state index contributed by atoms with van der Waals surface area (Å²) in [6.07, 6.45) is 2.81. The molecule has 18 heavy (non-hydrogen) atoms. The van der Waals surface area contributed by atoms with Crippen LogP contribution in [0.15, 0.2) is 24.3 Å². The molecular weight excluding hydrogens is 228 g/mol. The Morgan fingerprint density at radius 3 is 2.94 bits per heavy atom. The normalized spacial score (nSPS) is 20.9. The van der Waals surface area contributed by atoms with E-state index in [1.807, 2.05) is 24.3 Å². The van der Waals surface area contributed by atoms with Gasteiger partial charge in [-0.2, -0.15) is 0 Å². The highest BCUT2D eigenvalue weighted by Crippen LogP contribution is 2.35. The van der Waals surface area contributed by atoms with Crippen molar-refractivity contribution in [3.8, 4) is 5.75 Å². The lowest BCUT2D eigenvalue weighted by Gasteiger charge is -2.25. The standard InChI is InChI=1S/C14H18N2O2/c15-11(10-5-6-10)9-16-12-3-1-2-4-13(12)18-8-7-14(16)17/h1-4,10-11H,5-9,15H2. The van der Waals surface area contributed by atoms with Crippen molar-refractivity contribution in [2.75, 3.05) is 18.1 Å². The predicted molar refractivity (Wildman–Crippen MR) is 69.6 cm³/mol. The number of anilines is 1. The molecule has 1 saturated carbocycles. The summed E-state index contributed by atoms with van der Waals surface area (Å²) in [5, 5.41) is 0. The summed E-state index contributed by atoms with van der Waals surface area (Å²) in [4.78, 5) is 13.9. The van der Waals surface area contributed by atoms with Gasteiger partial charge in [-0.15, -0.1) is 0 Å². The lowest BCUT2D eigenvalue weighted by atomic mass is 10.1. The Morgan fingerprint density at radius 2 is 2.17 bits per heavy atom. The lowest BCUT2D eigenvalue weighted by molar-refractivity contribution is -0.118. The molecule has 1 heterocycles. The molecule has 1 fully saturated rings. The van der Waals surface area contributed by atoms with Gasteiger partial charge in [-0.05, 0) is 30.9 Å². The summed E-state index contributed by atoms with van der Waals surface area (Å²) in [5.74, 6) is 1.48. The quantitative estimate of drug-likeness (QED) is 0.880. The molecule has 1 amide bonds. The number of rotatable bonds is 3. The minimum absolute atomic E-state index is 0.0834. The molecule has 2 aliphatic rings. The van der Waals surface area contributed by atoms with E-state index in [1.165, 1.54) is 12.8 Å². The Balaban J connectivity index is 1.86. The van der Waals surface area contributed by atoms with Crippen LogP contribution >= 0.6 is 0 Å². The first-order valence-electron chi connectivity index (χ1n) is 6.53. The molecule has 4 heteroatoms. The third-order valence-corrected chi connectivity index (χ3v) is 3.65. The fraction of sp³-hybridized carbons (Fsp3) is 0.500. The van der Waals surface area contributed by atoms with Gasteiger partial charge in [-0.3, -0.25) is 4.79 Å². The van der Waals surface area contributed by atoms with Crippen molar-refractivity contribution < 1.29 is 9.53 Å². The fourth-order valence-corrected chi connectivity index (χ4v) is 2.40. The van der Waals surface area contributed by atoms with Crippen LogP contribution in [0, 0.1) is 5.92 Å². The molecule has 1 aliphatic carbocycles. The molecule has 1 atom stereocenters. The highest BCUT2D eigenvalue weighted by molar-refractivity contribution is 5.95. The number of carbonyl (C=O) groups is 1. The number of ether oxygens (including phenoxy) is 1. The van der Waals surface area contributed by atoms with E-state index >= 15 is 0 Å². The van der Waals surface area contributed by atoms with Gasteiger partial charge in [-0.1, -0.05) is 12.1 Å². The van der Waals surface area contributed by atoms with Crippen LogP contribution in [0.5, 0.6) is 5.75 Å². The van der Waals surface area contributed by atoms with Crippen LogP contribution in [0.2, 0.25) is 0 Å². The number of nitrogens with zero attached hydrogens (tertiary/aromatic N) is 1. The number of carbonyl (C=O) groups excluding carboxylic acids is 1. The first kappa shape index (κ1) is 11.5. The van der Waals surface area contributed by atoms with Crippen molar-refractivity contribution >= 4 is 11.6 Å². The van der Waals surface area contributed by atoms with Gasteiger partial charge in [-0.25, -0.2) is 0 Å². The van der Waals surface area contributed by atoms with E-state index in [9.17, 15) is 4.79 Å². The van der Waals surface area contributed by atoms with Gasteiger partial charge in [0.15, 0.2) is 0 Å². The molecule has 1 unspecified atom stereocenters. The Morgan fingerprint density at radius 1 is 1.39 bits per heavy atom. The summed E-state index contributed by atoms with van der Waals surface area (Å²) >= 11 is 0. The maximum atomic E-state index is 12.1. The zero-order valence-electron chi connectivity index (χ0n) is 10.3. The molecule has 96 valence electrons. The van der Waals surface area contributed by atoms with Crippen molar-refractivity contribution in [3.05, 3.63) is 24.3 Å². The number of hydrogen-bond donors (Lipinski definition) is 1. The number of fused-ring (bicyclic) bond motifs is 1. The number of hydrogen-bond acceptors (Lipinski definition) is 3. The third kappa shape index (κ3) is 2.20. The Kier molecular flexibility index (Phi) is 2.96. The summed E-state index contributed by atoms with van der Waals surface area (Å²) in [6.45, 7) is 1.05. The Labute approximate surface area is 107 Å². The monoisotopic (exact) mass is 246 g/mol. The molecule has 0 spiro atoms. The number of para-hydroxylation sites is 2. The maximum absolute atomic E-state index is 12.1. The molecule has 0 saturated heterocycles. The van der Waals surface area contributed by atoms with E-state index in [0.29, 0.717) is 25.5 Å². The van der Waals surface area contributed by atoms with Crippen LogP contribution < -0.4 is 15.4 Å². The van der Waals surface area contributed by atoms with E-state index in [-0.39, 0.29) is 11.9 Å². The second-order valence-electron chi connectivity index (χ2n) is 5.07. The van der Waals surface area contributed by atoms with Crippen LogP contribution in [-0.2, 0) is 4.79 Å². The Hall–Kier alpha value is -1.55. The zero-order valence-corrected chi connectivity index (χ0v) is 10.3. The molecular formula is C14H18N2O2. The van der Waals surface area contributed by atoms with Gasteiger partial charge in [0.05, 0.1) is 18.7 Å². The van der Waals surface area contributed by atoms with Gasteiger partial charge >= 0.3 is 0 Å². The van der Waals surface area contributed by atoms with Crippen LogP contribution in [-0.4, -0.2) is 25.1 Å². The topological polar surface area (TPSA) is 55.6 Å². The minimum Gasteiger partial charge on any atom is -0.491 e. The van der Waals surface area contributed by atoms with Gasteiger partial charge < -0.3 is 15.4 Å². The summed E-state index contributed by atoms with van der Waals surface area (Å²) in [7, 11) is 0. The molecule has 0 aromatic heterocycles. The fourth-order valence-electron chi connectivity index (χ4n) is 2.40. The van der Waals surface area contributed by atoms with Crippen molar-refractivity contribution in [3.63, 3.8) is 0 Å². The third-order valence-electron chi connectivity index (χ3n) is 3.65. The zero-order chi connectivity index (χ0) is 12.5. The van der Waals surface area contributed by atoms with E-state index in [2.05, 4.69) is 0 Å². The highest BCUT2D eigenvalue weighted by Gasteiger charge is 2.32. The first-order valence-corrected chi connectivity index (χ1v) is 6.53. The summed E-state index contributed by atoms with van der Waals surface area (Å²) in [5.41, 5.74) is 7.00. The molecule has 1 aliphatic heterocycles. The van der Waals surface area contributed by atoms with Crippen molar-refractivity contribution in [2.24, 2.45) is 11.7 Å². The predicted octanol–water partition coefficient (Wildman–Crippen LogP) is 1.54. The van der Waals surface area contributed by atoms with Crippen LogP contribution in [0.4, 0.5) is 5.69 Å². The molecule has 3 rings (SSSR count). The molecule has 0 radical (unpaired) electrons. The highest BCUT2D eigenvalue weighted by atomic mass is 16.5. The smallest absolute Gasteiger partial charge is 0.230 e. The Bertz CT molecular complexity index is 457. The average Bonchev–Trinajstić information content (AvgIpc) is 3.20. The van der Waals surface area contributed by atoms with E-state index in [4.69, 9.17) is 10.5 Å². The maximum Gasteiger partial charge on any atom is 0.230 e. The second-order valence-corrected chi connectivity index (χ2v) is 5.07. The number of nitrogens with two attached hydrogens (primary N) is 1. The number of amides is 1. The van der Waals surface area contributed by atoms with Crippen LogP contribution in [0.25, 0.3) is 0 Å².